The smallest absolute Gasteiger partial charge is 0.165 e. The van der Waals surface area contributed by atoms with Crippen molar-refractivity contribution in [2.45, 2.75) is 19.3 Å². The fraction of sp³-hybridized carbons (Fsp3) is 1.00. The Morgan fingerprint density at radius 1 is 1.83 bits per heavy atom. The zero-order valence-electron chi connectivity index (χ0n) is 3.95. The maximum atomic E-state index is 11.9. The van der Waals surface area contributed by atoms with Crippen molar-refractivity contribution in [3.05, 3.63) is 0 Å². The van der Waals surface area contributed by atoms with Gasteiger partial charge in [-0.2, -0.15) is 0 Å². The summed E-state index contributed by atoms with van der Waals surface area (Å²) in [6.45, 7) is 1.95. The van der Waals surface area contributed by atoms with Gasteiger partial charge < -0.3 is 0 Å². The Morgan fingerprint density at radius 2 is 2.33 bits per heavy atom. The van der Waals surface area contributed by atoms with Gasteiger partial charge in [-0.05, 0) is 5.92 Å². The van der Waals surface area contributed by atoms with Gasteiger partial charge in [-0.1, -0.05) is 13.2 Å². The number of hydrogen-bond donors (Lipinski definition) is 0. The van der Waals surface area contributed by atoms with Gasteiger partial charge in [0.05, 0.1) is 6.07 Å². The van der Waals surface area contributed by atoms with Crippen molar-refractivity contribution in [3.8, 4) is 0 Å². The van der Waals surface area contributed by atoms with E-state index in [4.69, 9.17) is 0 Å². The minimum Gasteiger partial charge on any atom is -0.257 e. The van der Waals surface area contributed by atoms with Crippen molar-refractivity contribution in [2.24, 2.45) is 5.92 Å². The second kappa shape index (κ2) is 1.25. The third-order valence-corrected chi connectivity index (χ3v) is 1.52. The summed E-state index contributed by atoms with van der Waals surface area (Å²) in [5.41, 5.74) is 0. The second-order valence-electron chi connectivity index (χ2n) is 2.07. The Bertz CT molecular complexity index is 47.5. The van der Waals surface area contributed by atoms with Crippen molar-refractivity contribution in [1.29, 1.82) is 0 Å². The molecule has 0 N–H and O–H groups in total. The van der Waals surface area contributed by atoms with E-state index in [0.717, 1.165) is 13.6 Å². The molecule has 0 nitrogen and oxygen atoms in total. The van der Waals surface area contributed by atoms with Crippen LogP contribution >= 0.6 is 0 Å². The van der Waals surface area contributed by atoms with E-state index in [9.17, 15) is 4.39 Å². The summed E-state index contributed by atoms with van der Waals surface area (Å²) in [4.78, 5) is 0. The Hall–Kier alpha value is -0.00506. The van der Waals surface area contributed by atoms with Gasteiger partial charge in [-0.25, -0.2) is 0 Å². The fourth-order valence-electron chi connectivity index (χ4n) is 0.626. The van der Waals surface area contributed by atoms with Crippen molar-refractivity contribution in [2.75, 3.05) is 0 Å². The molecular weight excluding hydrogens is 77.9 g/mol. The Balaban J connectivity index is 2.20. The van der Waals surface area contributed by atoms with Crippen LogP contribution in [-0.2, 0) is 0 Å². The van der Waals surface area contributed by atoms with Crippen LogP contribution in [0.25, 0.3) is 0 Å². The molecule has 2 atom stereocenters. The average Bonchev–Trinajstić information content (AvgIpc) is 1.61. The first kappa shape index (κ1) is 4.16. The van der Waals surface area contributed by atoms with Gasteiger partial charge in [0.15, 0.2) is 7.28 Å². The highest BCUT2D eigenvalue weighted by Gasteiger charge is 2.27. The molecular formula is C4H8BF. The molecule has 0 aromatic rings. The highest BCUT2D eigenvalue weighted by molar-refractivity contribution is 6.41. The van der Waals surface area contributed by atoms with Crippen LogP contribution in [0.15, 0.2) is 0 Å². The van der Waals surface area contributed by atoms with E-state index in [-0.39, 0.29) is 0 Å². The zero-order valence-corrected chi connectivity index (χ0v) is 3.95. The van der Waals surface area contributed by atoms with E-state index in [0.29, 0.717) is 5.92 Å². The maximum absolute atomic E-state index is 11.9. The molecule has 6 heavy (non-hydrogen) atoms. The van der Waals surface area contributed by atoms with Crippen LogP contribution in [0.2, 0.25) is 6.32 Å². The lowest BCUT2D eigenvalue weighted by Gasteiger charge is -2.24. The molecule has 1 saturated heterocycles. The Morgan fingerprint density at radius 3 is 2.33 bits per heavy atom. The van der Waals surface area contributed by atoms with E-state index >= 15 is 0 Å². The van der Waals surface area contributed by atoms with Crippen LogP contribution in [0.4, 0.5) is 4.39 Å². The van der Waals surface area contributed by atoms with Gasteiger partial charge in [0.25, 0.3) is 0 Å². The summed E-state index contributed by atoms with van der Waals surface area (Å²) in [6.07, 6.45) is 0.631. The highest BCUT2D eigenvalue weighted by Crippen LogP contribution is 2.22. The molecule has 0 aromatic heterocycles. The quantitative estimate of drug-likeness (QED) is 0.382. The highest BCUT2D eigenvalue weighted by atomic mass is 19.1. The summed E-state index contributed by atoms with van der Waals surface area (Å²) in [6, 6.07) is 0. The third-order valence-electron chi connectivity index (χ3n) is 1.52. The number of rotatable bonds is 0. The van der Waals surface area contributed by atoms with Crippen molar-refractivity contribution in [3.63, 3.8) is 0 Å². The molecule has 0 aromatic carbocycles. The maximum Gasteiger partial charge on any atom is 0.165 e. The first-order valence-electron chi connectivity index (χ1n) is 2.45. The lowest BCUT2D eigenvalue weighted by atomic mass is 9.50. The number of hydrogen-bond acceptors (Lipinski definition) is 0. The Labute approximate surface area is 38.0 Å². The molecule has 1 heterocycles. The molecule has 1 rings (SSSR count). The van der Waals surface area contributed by atoms with Crippen LogP contribution in [0, 0.1) is 5.92 Å². The van der Waals surface area contributed by atoms with Gasteiger partial charge in [0, 0.05) is 0 Å². The van der Waals surface area contributed by atoms with Gasteiger partial charge in [0.2, 0.25) is 0 Å². The molecule has 1 aliphatic rings. The van der Waals surface area contributed by atoms with E-state index in [1.165, 1.54) is 0 Å². The van der Waals surface area contributed by atoms with Gasteiger partial charge >= 0.3 is 0 Å². The van der Waals surface area contributed by atoms with E-state index in [1.54, 1.807) is 0 Å². The lowest BCUT2D eigenvalue weighted by molar-refractivity contribution is 0.311. The molecule has 1 aliphatic heterocycles. The van der Waals surface area contributed by atoms with Crippen molar-refractivity contribution in [1.82, 2.24) is 0 Å². The Kier molecular flexibility index (Phi) is 0.865. The molecule has 0 saturated carbocycles. The normalized spacial score (nSPS) is 43.7. The first-order valence-corrected chi connectivity index (χ1v) is 2.45. The van der Waals surface area contributed by atoms with E-state index in [1.807, 2.05) is 6.92 Å². The topological polar surface area (TPSA) is 0 Å². The van der Waals surface area contributed by atoms with Crippen LogP contribution in [0.1, 0.15) is 6.92 Å². The molecule has 2 heteroatoms. The summed E-state index contributed by atoms with van der Waals surface area (Å²) >= 11 is 0. The first-order chi connectivity index (χ1) is 2.80. The van der Waals surface area contributed by atoms with E-state index < -0.39 is 6.07 Å². The molecule has 0 spiro atoms. The second-order valence-corrected chi connectivity index (χ2v) is 2.07. The van der Waals surface area contributed by atoms with Crippen LogP contribution in [-0.4, -0.2) is 13.4 Å². The van der Waals surface area contributed by atoms with Crippen molar-refractivity contribution >= 4 is 7.28 Å². The number of halogens is 1. The van der Waals surface area contributed by atoms with Crippen LogP contribution < -0.4 is 0 Å². The van der Waals surface area contributed by atoms with E-state index in [2.05, 4.69) is 0 Å². The molecule has 0 aliphatic carbocycles. The van der Waals surface area contributed by atoms with Crippen LogP contribution in [0.5, 0.6) is 0 Å². The summed E-state index contributed by atoms with van der Waals surface area (Å²) in [7, 11) is 0.807. The minimum absolute atomic E-state index is 0.366. The molecule has 34 valence electrons. The minimum atomic E-state index is -0.468. The summed E-state index contributed by atoms with van der Waals surface area (Å²) < 4.78 is 11.9. The van der Waals surface area contributed by atoms with Crippen molar-refractivity contribution < 1.29 is 4.39 Å². The van der Waals surface area contributed by atoms with Crippen LogP contribution in [0.3, 0.4) is 0 Å². The molecule has 1 unspecified atom stereocenters. The SMILES string of the molecule is C[C@@H]1CBC1F. The summed E-state index contributed by atoms with van der Waals surface area (Å²) in [5.74, 6) is 0.366. The van der Waals surface area contributed by atoms with Gasteiger partial charge in [-0.15, -0.1) is 0 Å². The molecule has 0 radical (unpaired) electrons. The zero-order chi connectivity index (χ0) is 4.57. The largest absolute Gasteiger partial charge is 0.257 e. The van der Waals surface area contributed by atoms with Gasteiger partial charge in [-0.3, -0.25) is 4.39 Å². The van der Waals surface area contributed by atoms with Gasteiger partial charge in [0.1, 0.15) is 0 Å². The predicted molar refractivity (Wildman–Crippen MR) is 26.0 cm³/mol. The number of alkyl halides is 1. The molecule has 0 amide bonds. The molecule has 1 fully saturated rings. The fourth-order valence-corrected chi connectivity index (χ4v) is 0.626. The predicted octanol–water partition coefficient (Wildman–Crippen LogP) is 0.786. The average molecular weight is 85.9 g/mol. The monoisotopic (exact) mass is 86.1 g/mol. The molecule has 0 bridgehead atoms. The summed E-state index contributed by atoms with van der Waals surface area (Å²) in [5, 5.41) is 0. The third kappa shape index (κ3) is 0.443. The lowest BCUT2D eigenvalue weighted by Crippen LogP contribution is -2.32. The standard InChI is InChI=1S/C4H8BF/c1-3-2-5-4(3)6/h3-5H,2H2,1H3/t3-,4?/m1/s1.